The molecule has 1 aliphatic rings. The van der Waals surface area contributed by atoms with Gasteiger partial charge in [0.1, 0.15) is 16.7 Å². The number of hydrogen-bond acceptors (Lipinski definition) is 7. The monoisotopic (exact) mass is 417 g/mol. The fourth-order valence-electron chi connectivity index (χ4n) is 4.04. The van der Waals surface area contributed by atoms with Crippen molar-refractivity contribution in [2.75, 3.05) is 31.7 Å². The second-order valence-electron chi connectivity index (χ2n) is 7.44. The van der Waals surface area contributed by atoms with Crippen LogP contribution in [0.25, 0.3) is 21.9 Å². The lowest BCUT2D eigenvalue weighted by Crippen LogP contribution is -2.27. The third kappa shape index (κ3) is 3.94. The molecule has 1 fully saturated rings. The molecule has 9 heteroatoms. The van der Waals surface area contributed by atoms with E-state index < -0.39 is 15.2 Å². The number of unbranched alkanes of at least 4 members (excludes halogenated alkanes) is 1. The molecular weight excluding hydrogens is 390 g/mol. The van der Waals surface area contributed by atoms with Gasteiger partial charge in [0, 0.05) is 32.0 Å². The summed E-state index contributed by atoms with van der Waals surface area (Å²) in [5, 5.41) is 3.71. The molecule has 1 saturated heterocycles. The van der Waals surface area contributed by atoms with Crippen molar-refractivity contribution in [2.24, 2.45) is 0 Å². The Morgan fingerprint density at radius 2 is 2.10 bits per heavy atom. The molecule has 3 N–H and O–H groups in total. The van der Waals surface area contributed by atoms with Gasteiger partial charge in [-0.15, -0.1) is 0 Å². The molecule has 3 aromatic rings. The Bertz CT molecular complexity index is 1130. The molecule has 8 nitrogen and oxygen atoms in total. The zero-order valence-electron chi connectivity index (χ0n) is 16.6. The van der Waals surface area contributed by atoms with Crippen LogP contribution >= 0.6 is 0 Å². The van der Waals surface area contributed by atoms with Gasteiger partial charge >= 0.3 is 0 Å². The number of para-hydroxylation sites is 1. The molecule has 0 radical (unpaired) electrons. The lowest BCUT2D eigenvalue weighted by Gasteiger charge is -2.13. The first-order chi connectivity index (χ1) is 14.0. The fourth-order valence-corrected chi connectivity index (χ4v) is 5.63. The van der Waals surface area contributed by atoms with E-state index in [1.54, 1.807) is 7.11 Å². The van der Waals surface area contributed by atoms with E-state index in [0.29, 0.717) is 31.8 Å². The first kappa shape index (κ1) is 20.1. The summed E-state index contributed by atoms with van der Waals surface area (Å²) in [6, 6.07) is 7.93. The molecule has 4 rings (SSSR count). The molecule has 1 aliphatic heterocycles. The van der Waals surface area contributed by atoms with Crippen LogP contribution in [0.1, 0.15) is 25.1 Å². The number of nitrogens with two attached hydrogens (primary N) is 1. The Morgan fingerprint density at radius 3 is 2.86 bits per heavy atom. The van der Waals surface area contributed by atoms with Gasteiger partial charge in [0.2, 0.25) is 0 Å². The number of pyridine rings is 1. The van der Waals surface area contributed by atoms with Crippen LogP contribution in [0.3, 0.4) is 0 Å². The van der Waals surface area contributed by atoms with E-state index in [-0.39, 0.29) is 5.75 Å². The van der Waals surface area contributed by atoms with Gasteiger partial charge in [0.25, 0.3) is 0 Å². The maximum atomic E-state index is 12.0. The molecule has 0 aliphatic carbocycles. The lowest BCUT2D eigenvalue weighted by molar-refractivity contribution is 0.199. The highest BCUT2D eigenvalue weighted by molar-refractivity contribution is 7.92. The van der Waals surface area contributed by atoms with Gasteiger partial charge < -0.3 is 20.4 Å². The Morgan fingerprint density at radius 1 is 1.28 bits per heavy atom. The van der Waals surface area contributed by atoms with Crippen LogP contribution in [0.4, 0.5) is 5.82 Å². The number of hydrogen-bond donors (Lipinski definition) is 2. The summed E-state index contributed by atoms with van der Waals surface area (Å²) in [7, 11) is -1.31. The molecule has 1 atom stereocenters. The van der Waals surface area contributed by atoms with E-state index in [1.807, 2.05) is 24.3 Å². The number of nitrogens with zero attached hydrogens (tertiary/aromatic N) is 3. The van der Waals surface area contributed by atoms with Gasteiger partial charge in [-0.05, 0) is 25.3 Å². The lowest BCUT2D eigenvalue weighted by atomic mass is 10.1. The van der Waals surface area contributed by atoms with E-state index in [9.17, 15) is 8.42 Å². The van der Waals surface area contributed by atoms with Gasteiger partial charge in [-0.2, -0.15) is 0 Å². The summed E-state index contributed by atoms with van der Waals surface area (Å²) in [6.45, 7) is 1.87. The number of methoxy groups -OCH3 is 1. The molecule has 1 aromatic carbocycles. The third-order valence-electron chi connectivity index (χ3n) is 5.51. The molecule has 2 aromatic heterocycles. The first-order valence-corrected chi connectivity index (χ1v) is 11.7. The molecule has 1 unspecified atom stereocenters. The van der Waals surface area contributed by atoms with Crippen LogP contribution in [0.5, 0.6) is 0 Å². The van der Waals surface area contributed by atoms with Crippen LogP contribution < -0.4 is 11.1 Å². The summed E-state index contributed by atoms with van der Waals surface area (Å²) in [6.07, 6.45) is 2.98. The first-order valence-electron chi connectivity index (χ1n) is 9.98. The number of ether oxygens (including phenoxy) is 1. The molecular formula is C20H27N5O3S. The topological polar surface area (TPSA) is 112 Å². The van der Waals surface area contributed by atoms with Crippen molar-refractivity contribution in [3.8, 4) is 0 Å². The van der Waals surface area contributed by atoms with Crippen molar-refractivity contribution in [2.45, 2.75) is 37.6 Å². The van der Waals surface area contributed by atoms with Gasteiger partial charge in [-0.3, -0.25) is 0 Å². The Balaban J connectivity index is 1.62. The molecule has 0 spiro atoms. The van der Waals surface area contributed by atoms with Gasteiger partial charge in [0.15, 0.2) is 15.7 Å². The second-order valence-corrected chi connectivity index (χ2v) is 9.74. The van der Waals surface area contributed by atoms with E-state index in [1.165, 1.54) is 0 Å². The van der Waals surface area contributed by atoms with Gasteiger partial charge in [0.05, 0.1) is 23.4 Å². The SMILES string of the molecule is COCCc1nc2c(N)nc3ccccc3c2n1CCCCC1NCCS1(=O)=O. The Hall–Kier alpha value is -2.23. The van der Waals surface area contributed by atoms with Crippen molar-refractivity contribution in [3.63, 3.8) is 0 Å². The number of benzene rings is 1. The summed E-state index contributed by atoms with van der Waals surface area (Å²) in [4.78, 5) is 9.27. The van der Waals surface area contributed by atoms with Gasteiger partial charge in [-0.25, -0.2) is 18.4 Å². The number of nitrogen functional groups attached to an aromatic ring is 1. The number of nitrogens with one attached hydrogen (secondary N) is 1. The number of aryl methyl sites for hydroxylation is 1. The second kappa shape index (κ2) is 8.25. The molecule has 3 heterocycles. The number of sulfone groups is 1. The number of anilines is 1. The molecule has 0 bridgehead atoms. The highest BCUT2D eigenvalue weighted by Crippen LogP contribution is 2.29. The summed E-state index contributed by atoms with van der Waals surface area (Å²) >= 11 is 0. The standard InChI is InChI=1S/C20H27N5O3S/c1-28-12-9-16-24-18-19(14-6-2-3-7-15(14)23-20(18)21)25(16)11-5-4-8-17-22-10-13-29(17,26)27/h2-3,6-7,17,22H,4-5,8-13H2,1H3,(H2,21,23). The normalized spacial score (nSPS) is 18.7. The molecule has 29 heavy (non-hydrogen) atoms. The van der Waals surface area contributed by atoms with Crippen LogP contribution in [0, 0.1) is 0 Å². The molecule has 0 amide bonds. The minimum Gasteiger partial charge on any atom is -0.384 e. The minimum absolute atomic E-state index is 0.239. The number of rotatable bonds is 8. The minimum atomic E-state index is -2.98. The van der Waals surface area contributed by atoms with Crippen LogP contribution in [-0.4, -0.2) is 54.3 Å². The number of fused-ring (bicyclic) bond motifs is 3. The van der Waals surface area contributed by atoms with Crippen molar-refractivity contribution in [3.05, 3.63) is 30.1 Å². The summed E-state index contributed by atoms with van der Waals surface area (Å²) in [5.74, 6) is 1.58. The Labute approximate surface area is 170 Å². The molecule has 156 valence electrons. The quantitative estimate of drug-likeness (QED) is 0.538. The van der Waals surface area contributed by atoms with Crippen molar-refractivity contribution in [1.29, 1.82) is 0 Å². The van der Waals surface area contributed by atoms with Crippen LogP contribution in [0.2, 0.25) is 0 Å². The maximum absolute atomic E-state index is 12.0. The number of aromatic nitrogens is 3. The number of imidazole rings is 1. The van der Waals surface area contributed by atoms with Crippen LogP contribution in [0.15, 0.2) is 24.3 Å². The maximum Gasteiger partial charge on any atom is 0.167 e. The summed E-state index contributed by atoms with van der Waals surface area (Å²) in [5.41, 5.74) is 8.76. The van der Waals surface area contributed by atoms with Crippen molar-refractivity contribution < 1.29 is 13.2 Å². The molecule has 0 saturated carbocycles. The average Bonchev–Trinajstić information content (AvgIpc) is 3.23. The fraction of sp³-hybridized carbons (Fsp3) is 0.500. The summed E-state index contributed by atoms with van der Waals surface area (Å²) < 4.78 is 31.5. The predicted octanol–water partition coefficient (Wildman–Crippen LogP) is 1.87. The van der Waals surface area contributed by atoms with E-state index in [2.05, 4.69) is 14.9 Å². The highest BCUT2D eigenvalue weighted by atomic mass is 32.2. The highest BCUT2D eigenvalue weighted by Gasteiger charge is 2.29. The zero-order valence-corrected chi connectivity index (χ0v) is 17.4. The van der Waals surface area contributed by atoms with E-state index >= 15 is 0 Å². The van der Waals surface area contributed by atoms with Crippen molar-refractivity contribution >= 4 is 37.6 Å². The van der Waals surface area contributed by atoms with Crippen molar-refractivity contribution in [1.82, 2.24) is 19.9 Å². The van der Waals surface area contributed by atoms with E-state index in [0.717, 1.165) is 47.1 Å². The third-order valence-corrected chi connectivity index (χ3v) is 7.55. The Kier molecular flexibility index (Phi) is 5.71. The largest absolute Gasteiger partial charge is 0.384 e. The van der Waals surface area contributed by atoms with E-state index in [4.69, 9.17) is 15.5 Å². The van der Waals surface area contributed by atoms with Crippen LogP contribution in [-0.2, 0) is 27.5 Å². The van der Waals surface area contributed by atoms with Gasteiger partial charge in [-0.1, -0.05) is 18.2 Å². The predicted molar refractivity (Wildman–Crippen MR) is 114 cm³/mol. The zero-order chi connectivity index (χ0) is 20.4. The smallest absolute Gasteiger partial charge is 0.167 e. The average molecular weight is 418 g/mol.